The third-order valence-corrected chi connectivity index (χ3v) is 3.54. The van der Waals surface area contributed by atoms with Gasteiger partial charge in [-0.1, -0.05) is 57.0 Å². The van der Waals surface area contributed by atoms with E-state index in [-0.39, 0.29) is 11.8 Å². The van der Waals surface area contributed by atoms with Crippen LogP contribution in [-0.2, 0) is 16.0 Å². The molecule has 21 heavy (non-hydrogen) atoms. The Bertz CT molecular complexity index is 439. The second-order valence-electron chi connectivity index (χ2n) is 5.36. The summed E-state index contributed by atoms with van der Waals surface area (Å²) in [6, 6.07) is 8.50. The zero-order valence-electron chi connectivity index (χ0n) is 12.8. The number of carboxylic acids is 1. The molecule has 0 heterocycles. The van der Waals surface area contributed by atoms with Crippen molar-refractivity contribution in [2.45, 2.75) is 52.0 Å². The highest BCUT2D eigenvalue weighted by molar-refractivity contribution is 5.85. The Morgan fingerprint density at radius 3 is 2.14 bits per heavy atom. The molecule has 0 bridgehead atoms. The second-order valence-corrected chi connectivity index (χ2v) is 5.36. The van der Waals surface area contributed by atoms with E-state index in [0.717, 1.165) is 31.2 Å². The number of amides is 1. The van der Waals surface area contributed by atoms with E-state index >= 15 is 0 Å². The van der Waals surface area contributed by atoms with Gasteiger partial charge in [-0.25, -0.2) is 4.79 Å². The number of benzene rings is 1. The number of rotatable bonds is 9. The number of carboxylic acid groups (broad SMARTS) is 1. The highest BCUT2D eigenvalue weighted by atomic mass is 16.4. The van der Waals surface area contributed by atoms with Gasteiger partial charge in [0.1, 0.15) is 6.04 Å². The number of aliphatic carboxylic acids is 1. The minimum atomic E-state index is -0.987. The highest BCUT2D eigenvalue weighted by Crippen LogP contribution is 2.14. The molecule has 0 saturated carbocycles. The molecule has 4 heteroatoms. The molecule has 0 saturated heterocycles. The van der Waals surface area contributed by atoms with Crippen LogP contribution in [0.2, 0.25) is 0 Å². The largest absolute Gasteiger partial charge is 0.480 e. The molecule has 0 aliphatic rings. The van der Waals surface area contributed by atoms with Gasteiger partial charge in [-0.15, -0.1) is 0 Å². The van der Waals surface area contributed by atoms with Crippen LogP contribution in [0, 0.1) is 5.92 Å². The summed E-state index contributed by atoms with van der Waals surface area (Å²) in [4.78, 5) is 23.6. The first-order valence-electron chi connectivity index (χ1n) is 7.65. The first-order chi connectivity index (χ1) is 10.1. The zero-order valence-corrected chi connectivity index (χ0v) is 12.8. The minimum absolute atomic E-state index is 0.0855. The molecule has 1 aromatic carbocycles. The lowest BCUT2D eigenvalue weighted by Crippen LogP contribution is -2.45. The van der Waals surface area contributed by atoms with Crippen molar-refractivity contribution in [3.05, 3.63) is 35.9 Å². The lowest BCUT2D eigenvalue weighted by molar-refractivity contribution is -0.142. The topological polar surface area (TPSA) is 66.4 Å². The summed E-state index contributed by atoms with van der Waals surface area (Å²) in [5.41, 5.74) is 0.910. The maximum atomic E-state index is 12.3. The van der Waals surface area contributed by atoms with E-state index in [2.05, 4.69) is 5.32 Å². The van der Waals surface area contributed by atoms with Gasteiger partial charge in [0.05, 0.1) is 0 Å². The van der Waals surface area contributed by atoms with Crippen LogP contribution in [0.3, 0.4) is 0 Å². The van der Waals surface area contributed by atoms with Gasteiger partial charge in [0.25, 0.3) is 0 Å². The Morgan fingerprint density at radius 2 is 1.67 bits per heavy atom. The fourth-order valence-corrected chi connectivity index (χ4v) is 2.44. The summed E-state index contributed by atoms with van der Waals surface area (Å²) in [6.07, 6.45) is 3.77. The van der Waals surface area contributed by atoms with Crippen LogP contribution >= 0.6 is 0 Å². The number of carbonyl (C=O) groups excluding carboxylic acids is 1. The molecule has 0 unspecified atom stereocenters. The number of hydrogen-bond acceptors (Lipinski definition) is 2. The molecule has 0 spiro atoms. The number of carbonyl (C=O) groups is 2. The highest BCUT2D eigenvalue weighted by Gasteiger charge is 2.24. The van der Waals surface area contributed by atoms with Crippen molar-refractivity contribution in [1.29, 1.82) is 0 Å². The van der Waals surface area contributed by atoms with Gasteiger partial charge in [-0.05, 0) is 18.4 Å². The summed E-state index contributed by atoms with van der Waals surface area (Å²) < 4.78 is 0. The van der Waals surface area contributed by atoms with Crippen molar-refractivity contribution >= 4 is 11.9 Å². The molecule has 0 fully saturated rings. The SMILES string of the molecule is CCCC(CCC)C(=O)N[C@@H](Cc1ccccc1)C(=O)O. The van der Waals surface area contributed by atoms with E-state index in [9.17, 15) is 14.7 Å². The van der Waals surface area contributed by atoms with E-state index < -0.39 is 12.0 Å². The standard InChI is InChI=1S/C17H25NO3/c1-3-8-14(9-4-2)16(19)18-15(17(20)21)12-13-10-6-5-7-11-13/h5-7,10-11,14-15H,3-4,8-9,12H2,1-2H3,(H,18,19)(H,20,21)/t15-/m0/s1. The first kappa shape index (κ1) is 17.2. The van der Waals surface area contributed by atoms with E-state index in [1.54, 1.807) is 0 Å². The van der Waals surface area contributed by atoms with Crippen LogP contribution in [0.25, 0.3) is 0 Å². The lowest BCUT2D eigenvalue weighted by atomic mass is 9.96. The predicted octanol–water partition coefficient (Wildman–Crippen LogP) is 3.01. The van der Waals surface area contributed by atoms with Crippen molar-refractivity contribution < 1.29 is 14.7 Å². The van der Waals surface area contributed by atoms with Crippen molar-refractivity contribution in [2.24, 2.45) is 5.92 Å². The second kappa shape index (κ2) is 9.16. The van der Waals surface area contributed by atoms with Crippen LogP contribution < -0.4 is 5.32 Å². The molecule has 1 amide bonds. The van der Waals surface area contributed by atoms with Gasteiger partial charge in [-0.3, -0.25) is 4.79 Å². The maximum Gasteiger partial charge on any atom is 0.326 e. The van der Waals surface area contributed by atoms with Crippen molar-refractivity contribution in [1.82, 2.24) is 5.32 Å². The minimum Gasteiger partial charge on any atom is -0.480 e. The summed E-state index contributed by atoms with van der Waals surface area (Å²) >= 11 is 0. The molecule has 4 nitrogen and oxygen atoms in total. The molecule has 0 aliphatic heterocycles. The first-order valence-corrected chi connectivity index (χ1v) is 7.65. The molecular formula is C17H25NO3. The third-order valence-electron chi connectivity index (χ3n) is 3.54. The smallest absolute Gasteiger partial charge is 0.326 e. The van der Waals surface area contributed by atoms with Crippen molar-refractivity contribution in [3.63, 3.8) is 0 Å². The van der Waals surface area contributed by atoms with Crippen molar-refractivity contribution in [3.8, 4) is 0 Å². The third kappa shape index (κ3) is 5.98. The average Bonchev–Trinajstić information content (AvgIpc) is 2.47. The van der Waals surface area contributed by atoms with Gasteiger partial charge in [0, 0.05) is 12.3 Å². The predicted molar refractivity (Wildman–Crippen MR) is 83.0 cm³/mol. The summed E-state index contributed by atoms with van der Waals surface area (Å²) in [5.74, 6) is -1.21. The van der Waals surface area contributed by atoms with Crippen LogP contribution in [-0.4, -0.2) is 23.0 Å². The zero-order chi connectivity index (χ0) is 15.7. The van der Waals surface area contributed by atoms with E-state index in [4.69, 9.17) is 0 Å². The molecule has 1 rings (SSSR count). The van der Waals surface area contributed by atoms with E-state index in [1.807, 2.05) is 44.2 Å². The summed E-state index contributed by atoms with van der Waals surface area (Å²) in [6.45, 7) is 4.07. The molecule has 0 aliphatic carbocycles. The Balaban J connectivity index is 2.69. The van der Waals surface area contributed by atoms with Crippen molar-refractivity contribution in [2.75, 3.05) is 0 Å². The molecule has 116 valence electrons. The Labute approximate surface area is 126 Å². The molecule has 2 N–H and O–H groups in total. The molecule has 1 aromatic rings. The lowest BCUT2D eigenvalue weighted by Gasteiger charge is -2.20. The van der Waals surface area contributed by atoms with Gasteiger partial charge in [-0.2, -0.15) is 0 Å². The number of nitrogens with one attached hydrogen (secondary N) is 1. The summed E-state index contributed by atoms with van der Waals surface area (Å²) in [7, 11) is 0. The van der Waals surface area contributed by atoms with E-state index in [1.165, 1.54) is 0 Å². The Hall–Kier alpha value is -1.84. The maximum absolute atomic E-state index is 12.3. The fraction of sp³-hybridized carbons (Fsp3) is 0.529. The summed E-state index contributed by atoms with van der Waals surface area (Å²) in [5, 5.41) is 12.0. The van der Waals surface area contributed by atoms with Gasteiger partial charge < -0.3 is 10.4 Å². The quantitative estimate of drug-likeness (QED) is 0.735. The molecule has 0 aromatic heterocycles. The normalized spacial score (nSPS) is 12.1. The van der Waals surface area contributed by atoms with E-state index in [0.29, 0.717) is 6.42 Å². The average molecular weight is 291 g/mol. The monoisotopic (exact) mass is 291 g/mol. The van der Waals surface area contributed by atoms with Crippen LogP contribution in [0.1, 0.15) is 45.1 Å². The molecule has 1 atom stereocenters. The Morgan fingerprint density at radius 1 is 1.10 bits per heavy atom. The molecular weight excluding hydrogens is 266 g/mol. The van der Waals surface area contributed by atoms with Crippen LogP contribution in [0.15, 0.2) is 30.3 Å². The molecule has 0 radical (unpaired) electrons. The van der Waals surface area contributed by atoms with Gasteiger partial charge in [0.2, 0.25) is 5.91 Å². The number of hydrogen-bond donors (Lipinski definition) is 2. The van der Waals surface area contributed by atoms with Crippen LogP contribution in [0.4, 0.5) is 0 Å². The Kier molecular flexibility index (Phi) is 7.51. The van der Waals surface area contributed by atoms with Gasteiger partial charge >= 0.3 is 5.97 Å². The van der Waals surface area contributed by atoms with Crippen LogP contribution in [0.5, 0.6) is 0 Å². The fourth-order valence-electron chi connectivity index (χ4n) is 2.44. The van der Waals surface area contributed by atoms with Gasteiger partial charge in [0.15, 0.2) is 0 Å².